The van der Waals surface area contributed by atoms with E-state index in [-0.39, 0.29) is 25.3 Å². The van der Waals surface area contributed by atoms with Crippen molar-refractivity contribution in [2.75, 3.05) is 26.2 Å². The molecule has 13 N–H and O–H groups in total. The van der Waals surface area contributed by atoms with Crippen molar-refractivity contribution in [1.82, 2.24) is 16.0 Å². The van der Waals surface area contributed by atoms with Crippen LogP contribution in [0.1, 0.15) is 32.1 Å². The summed E-state index contributed by atoms with van der Waals surface area (Å²) in [5.74, 6) is -3.51. The van der Waals surface area contributed by atoms with Gasteiger partial charge in [0.1, 0.15) is 12.1 Å². The number of unbranched alkanes of at least 4 members (excludes halogenated alkanes) is 1. The van der Waals surface area contributed by atoms with Crippen molar-refractivity contribution in [1.29, 1.82) is 0 Å². The van der Waals surface area contributed by atoms with Gasteiger partial charge in [0.2, 0.25) is 17.7 Å². The highest BCUT2D eigenvalue weighted by molar-refractivity contribution is 5.92. The second-order valence-corrected chi connectivity index (χ2v) is 6.76. The van der Waals surface area contributed by atoms with Crippen molar-refractivity contribution in [3.63, 3.8) is 0 Å². The number of amides is 3. The predicted octanol–water partition coefficient (Wildman–Crippen LogP) is -4.34. The van der Waals surface area contributed by atoms with Crippen LogP contribution >= 0.6 is 0 Å². The zero-order valence-electron chi connectivity index (χ0n) is 17.4. The summed E-state index contributed by atoms with van der Waals surface area (Å²) in [6.07, 6.45) is 2.00. The number of nitrogens with zero attached hydrogens (tertiary/aromatic N) is 1. The van der Waals surface area contributed by atoms with Crippen LogP contribution in [0, 0.1) is 0 Å². The van der Waals surface area contributed by atoms with Crippen LogP contribution < -0.4 is 38.9 Å². The second kappa shape index (κ2) is 15.8. The molecule has 14 nitrogen and oxygen atoms in total. The summed E-state index contributed by atoms with van der Waals surface area (Å²) < 4.78 is 0. The maximum Gasteiger partial charge on any atom is 0.326 e. The van der Waals surface area contributed by atoms with Gasteiger partial charge >= 0.3 is 5.97 Å². The molecule has 31 heavy (non-hydrogen) atoms. The van der Waals surface area contributed by atoms with Crippen molar-refractivity contribution >= 4 is 29.7 Å². The molecule has 0 radical (unpaired) electrons. The van der Waals surface area contributed by atoms with Gasteiger partial charge in [0.15, 0.2) is 5.96 Å². The molecule has 0 bridgehead atoms. The van der Waals surface area contributed by atoms with E-state index < -0.39 is 55.0 Å². The maximum absolute atomic E-state index is 12.1. The van der Waals surface area contributed by atoms with Crippen LogP contribution in [-0.2, 0) is 19.2 Å². The molecule has 0 aliphatic rings. The average Bonchev–Trinajstić information content (AvgIpc) is 2.71. The summed E-state index contributed by atoms with van der Waals surface area (Å²) in [5.41, 5.74) is 21.5. The minimum Gasteiger partial charge on any atom is -0.480 e. The Labute approximate surface area is 180 Å². The largest absolute Gasteiger partial charge is 0.480 e. The Morgan fingerprint density at radius 3 is 2.16 bits per heavy atom. The van der Waals surface area contributed by atoms with Crippen LogP contribution in [0.25, 0.3) is 0 Å². The lowest BCUT2D eigenvalue weighted by atomic mass is 10.1. The number of carboxylic acids is 1. The van der Waals surface area contributed by atoms with Gasteiger partial charge in [0, 0.05) is 6.54 Å². The Kier molecular flexibility index (Phi) is 14.3. The molecule has 3 atom stereocenters. The molecular formula is C17H34N8O6. The molecule has 0 saturated carbocycles. The van der Waals surface area contributed by atoms with Crippen LogP contribution in [0.15, 0.2) is 4.99 Å². The summed E-state index contributed by atoms with van der Waals surface area (Å²) in [4.78, 5) is 51.0. The number of guanidine groups is 1. The fourth-order valence-electron chi connectivity index (χ4n) is 2.41. The van der Waals surface area contributed by atoms with E-state index in [9.17, 15) is 24.3 Å². The van der Waals surface area contributed by atoms with Crippen LogP contribution in [0.2, 0.25) is 0 Å². The summed E-state index contributed by atoms with van der Waals surface area (Å²) in [7, 11) is 0. The van der Waals surface area contributed by atoms with Gasteiger partial charge < -0.3 is 49.1 Å². The monoisotopic (exact) mass is 446 g/mol. The average molecular weight is 447 g/mol. The highest BCUT2D eigenvalue weighted by atomic mass is 16.4. The third kappa shape index (κ3) is 13.0. The SMILES string of the molecule is NCCCCC(NC(=O)CNC(=O)C(CO)NC(=O)C(N)CCCN=C(N)N)C(=O)O. The minimum absolute atomic E-state index is 0.0793. The van der Waals surface area contributed by atoms with Crippen molar-refractivity contribution in [2.45, 2.75) is 50.2 Å². The number of aliphatic hydroxyl groups excluding tert-OH is 1. The smallest absolute Gasteiger partial charge is 0.326 e. The van der Waals surface area contributed by atoms with Crippen molar-refractivity contribution in [3.8, 4) is 0 Å². The van der Waals surface area contributed by atoms with Gasteiger partial charge in [-0.25, -0.2) is 4.79 Å². The first kappa shape index (κ1) is 28.0. The topological polar surface area (TPSA) is 261 Å². The first-order valence-corrected chi connectivity index (χ1v) is 9.84. The molecule has 0 rings (SSSR count). The van der Waals surface area contributed by atoms with Crippen LogP contribution in [0.5, 0.6) is 0 Å². The van der Waals surface area contributed by atoms with E-state index in [1.54, 1.807) is 0 Å². The van der Waals surface area contributed by atoms with E-state index in [4.69, 9.17) is 28.0 Å². The molecule has 0 aliphatic carbocycles. The predicted molar refractivity (Wildman–Crippen MR) is 112 cm³/mol. The molecular weight excluding hydrogens is 412 g/mol. The number of carbonyl (C=O) groups is 4. The van der Waals surface area contributed by atoms with Gasteiger partial charge in [-0.1, -0.05) is 0 Å². The van der Waals surface area contributed by atoms with Gasteiger partial charge in [-0.15, -0.1) is 0 Å². The quantitative estimate of drug-likeness (QED) is 0.0624. The third-order valence-corrected chi connectivity index (χ3v) is 4.12. The number of rotatable bonds is 16. The number of aliphatic imine (C=N–C) groups is 1. The molecule has 3 amide bonds. The molecule has 0 aromatic carbocycles. The normalized spacial score (nSPS) is 13.4. The Hall–Kier alpha value is -2.97. The number of carboxylic acid groups (broad SMARTS) is 1. The molecule has 0 heterocycles. The van der Waals surface area contributed by atoms with E-state index >= 15 is 0 Å². The number of aliphatic hydroxyl groups is 1. The van der Waals surface area contributed by atoms with E-state index in [1.807, 2.05) is 0 Å². The lowest BCUT2D eigenvalue weighted by Gasteiger charge is -2.19. The van der Waals surface area contributed by atoms with E-state index in [1.165, 1.54) is 0 Å². The van der Waals surface area contributed by atoms with Crippen LogP contribution in [-0.4, -0.2) is 84.2 Å². The third-order valence-electron chi connectivity index (χ3n) is 4.12. The zero-order valence-corrected chi connectivity index (χ0v) is 17.4. The number of carbonyl (C=O) groups excluding carboxylic acids is 3. The Balaban J connectivity index is 4.48. The zero-order chi connectivity index (χ0) is 23.8. The highest BCUT2D eigenvalue weighted by Gasteiger charge is 2.24. The summed E-state index contributed by atoms with van der Waals surface area (Å²) >= 11 is 0. The lowest BCUT2D eigenvalue weighted by molar-refractivity contribution is -0.142. The lowest BCUT2D eigenvalue weighted by Crippen LogP contribution is -2.54. The van der Waals surface area contributed by atoms with E-state index in [2.05, 4.69) is 20.9 Å². The summed E-state index contributed by atoms with van der Waals surface area (Å²) in [6, 6.07) is -3.39. The first-order chi connectivity index (χ1) is 14.6. The molecule has 0 aromatic rings. The molecule has 3 unspecified atom stereocenters. The van der Waals surface area contributed by atoms with Crippen LogP contribution in [0.4, 0.5) is 0 Å². The highest BCUT2D eigenvalue weighted by Crippen LogP contribution is 2.01. The summed E-state index contributed by atoms with van der Waals surface area (Å²) in [6.45, 7) is -0.566. The van der Waals surface area contributed by atoms with Gasteiger partial charge in [-0.2, -0.15) is 0 Å². The Morgan fingerprint density at radius 1 is 0.935 bits per heavy atom. The second-order valence-electron chi connectivity index (χ2n) is 6.76. The number of nitrogens with one attached hydrogen (secondary N) is 3. The van der Waals surface area contributed by atoms with Gasteiger partial charge in [0.05, 0.1) is 19.2 Å². The Morgan fingerprint density at radius 2 is 1.61 bits per heavy atom. The molecule has 0 fully saturated rings. The van der Waals surface area contributed by atoms with Gasteiger partial charge in [0.25, 0.3) is 0 Å². The fraction of sp³-hybridized carbons (Fsp3) is 0.706. The number of hydrogen-bond acceptors (Lipinski definition) is 8. The fourth-order valence-corrected chi connectivity index (χ4v) is 2.41. The van der Waals surface area contributed by atoms with Crippen LogP contribution in [0.3, 0.4) is 0 Å². The molecule has 178 valence electrons. The molecule has 14 heteroatoms. The van der Waals surface area contributed by atoms with Gasteiger partial charge in [-0.05, 0) is 38.6 Å². The van der Waals surface area contributed by atoms with Gasteiger partial charge in [-0.3, -0.25) is 19.4 Å². The van der Waals surface area contributed by atoms with Crippen molar-refractivity contribution in [2.24, 2.45) is 27.9 Å². The van der Waals surface area contributed by atoms with E-state index in [0.29, 0.717) is 25.8 Å². The summed E-state index contributed by atoms with van der Waals surface area (Å²) in [5, 5.41) is 25.3. The number of nitrogens with two attached hydrogens (primary N) is 4. The standard InChI is InChI=1S/C17H34N8O6/c18-6-2-1-5-11(16(30)31)24-13(27)8-23-15(29)12(9-26)25-14(28)10(19)4-3-7-22-17(20)21/h10-12,26H,1-9,18-19H2,(H,23,29)(H,24,27)(H,25,28)(H,30,31)(H4,20,21,22). The van der Waals surface area contributed by atoms with Crippen molar-refractivity contribution in [3.05, 3.63) is 0 Å². The molecule has 0 saturated heterocycles. The molecule has 0 aromatic heterocycles. The number of hydrogen-bond donors (Lipinski definition) is 9. The molecule has 0 aliphatic heterocycles. The maximum atomic E-state index is 12.1. The first-order valence-electron chi connectivity index (χ1n) is 9.84. The minimum atomic E-state index is -1.33. The Bertz CT molecular complexity index is 626. The van der Waals surface area contributed by atoms with Crippen molar-refractivity contribution < 1.29 is 29.4 Å². The molecule has 0 spiro atoms. The number of aliphatic carboxylic acids is 1. The van der Waals surface area contributed by atoms with E-state index in [0.717, 1.165) is 0 Å².